The summed E-state index contributed by atoms with van der Waals surface area (Å²) in [6, 6.07) is 13.6. The van der Waals surface area contributed by atoms with Crippen LogP contribution in [-0.2, 0) is 21.2 Å². The van der Waals surface area contributed by atoms with Crippen LogP contribution in [-0.4, -0.2) is 38.3 Å². The second kappa shape index (κ2) is 9.85. The summed E-state index contributed by atoms with van der Waals surface area (Å²) in [5, 5.41) is 4.73. The molecule has 1 aromatic carbocycles. The van der Waals surface area contributed by atoms with Crippen molar-refractivity contribution in [1.82, 2.24) is 9.62 Å². The molecule has 26 heavy (non-hydrogen) atoms. The zero-order valence-corrected chi connectivity index (χ0v) is 16.9. The molecule has 0 aliphatic rings. The molecule has 1 atom stereocenters. The molecule has 1 unspecified atom stereocenters. The van der Waals surface area contributed by atoms with Crippen molar-refractivity contribution in [2.45, 2.75) is 42.9 Å². The zero-order valence-electron chi connectivity index (χ0n) is 15.2. The average Bonchev–Trinajstić information content (AvgIpc) is 3.16. The van der Waals surface area contributed by atoms with Gasteiger partial charge in [-0.3, -0.25) is 4.79 Å². The maximum absolute atomic E-state index is 12.3. The summed E-state index contributed by atoms with van der Waals surface area (Å²) in [6.45, 7) is 2.32. The van der Waals surface area contributed by atoms with Crippen LogP contribution >= 0.6 is 11.3 Å². The first-order chi connectivity index (χ1) is 12.4. The van der Waals surface area contributed by atoms with Gasteiger partial charge in [0.2, 0.25) is 5.91 Å². The Morgan fingerprint density at radius 3 is 2.58 bits per heavy atom. The Hall–Kier alpha value is -1.70. The van der Waals surface area contributed by atoms with Gasteiger partial charge < -0.3 is 5.32 Å². The first kappa shape index (κ1) is 20.6. The Kier molecular flexibility index (Phi) is 7.81. The third-order valence-corrected chi connectivity index (χ3v) is 7.38. The van der Waals surface area contributed by atoms with E-state index in [-0.39, 0.29) is 11.9 Å². The summed E-state index contributed by atoms with van der Waals surface area (Å²) in [6.07, 6.45) is 2.62. The number of benzene rings is 1. The van der Waals surface area contributed by atoms with Gasteiger partial charge in [0.25, 0.3) is 10.0 Å². The summed E-state index contributed by atoms with van der Waals surface area (Å²) in [5.74, 6) is -0.0347. The van der Waals surface area contributed by atoms with E-state index in [9.17, 15) is 13.2 Å². The maximum Gasteiger partial charge on any atom is 0.252 e. The molecule has 0 bridgehead atoms. The number of carbonyl (C=O) groups excluding carboxylic acids is 1. The van der Waals surface area contributed by atoms with Gasteiger partial charge in [-0.2, -0.15) is 0 Å². The van der Waals surface area contributed by atoms with Gasteiger partial charge in [-0.15, -0.1) is 11.3 Å². The van der Waals surface area contributed by atoms with E-state index in [1.54, 1.807) is 24.6 Å². The molecule has 1 aromatic heterocycles. The molecule has 2 rings (SSSR count). The third kappa shape index (κ3) is 6.23. The number of rotatable bonds is 10. The summed E-state index contributed by atoms with van der Waals surface area (Å²) in [7, 11) is -1.88. The van der Waals surface area contributed by atoms with Crippen LogP contribution in [0.5, 0.6) is 0 Å². The zero-order chi connectivity index (χ0) is 19.0. The summed E-state index contributed by atoms with van der Waals surface area (Å²) in [5.41, 5.74) is 1.26. The molecule has 0 aliphatic carbocycles. The first-order valence-corrected chi connectivity index (χ1v) is 11.0. The molecule has 0 radical (unpaired) electrons. The molecule has 1 amide bonds. The van der Waals surface area contributed by atoms with Crippen LogP contribution < -0.4 is 5.32 Å². The van der Waals surface area contributed by atoms with E-state index in [2.05, 4.69) is 17.4 Å². The highest BCUT2D eigenvalue weighted by molar-refractivity contribution is 7.91. The van der Waals surface area contributed by atoms with E-state index in [1.807, 2.05) is 25.1 Å². The van der Waals surface area contributed by atoms with Crippen molar-refractivity contribution in [3.05, 3.63) is 53.4 Å². The van der Waals surface area contributed by atoms with Crippen LogP contribution in [0.15, 0.2) is 52.1 Å². The molecular weight excluding hydrogens is 368 g/mol. The van der Waals surface area contributed by atoms with E-state index >= 15 is 0 Å². The topological polar surface area (TPSA) is 66.5 Å². The number of nitrogens with zero attached hydrogens (tertiary/aromatic N) is 1. The minimum absolute atomic E-state index is 0.0347. The van der Waals surface area contributed by atoms with Gasteiger partial charge in [-0.25, -0.2) is 12.7 Å². The molecule has 0 fully saturated rings. The van der Waals surface area contributed by atoms with Gasteiger partial charge in [0.05, 0.1) is 0 Å². The van der Waals surface area contributed by atoms with Crippen molar-refractivity contribution < 1.29 is 13.2 Å². The van der Waals surface area contributed by atoms with Crippen molar-refractivity contribution in [2.75, 3.05) is 13.6 Å². The third-order valence-electron chi connectivity index (χ3n) is 4.15. The van der Waals surface area contributed by atoms with Gasteiger partial charge >= 0.3 is 0 Å². The number of amides is 1. The van der Waals surface area contributed by atoms with Crippen molar-refractivity contribution >= 4 is 27.3 Å². The fourth-order valence-electron chi connectivity index (χ4n) is 2.59. The van der Waals surface area contributed by atoms with Crippen LogP contribution in [0.4, 0.5) is 0 Å². The second-order valence-corrected chi connectivity index (χ2v) is 9.57. The number of aryl methyl sites for hydroxylation is 1. The fourth-order valence-corrected chi connectivity index (χ4v) is 5.00. The Balaban J connectivity index is 1.68. The van der Waals surface area contributed by atoms with Crippen LogP contribution in [0.1, 0.15) is 31.7 Å². The quantitative estimate of drug-likeness (QED) is 0.672. The minimum Gasteiger partial charge on any atom is -0.354 e. The molecule has 0 spiro atoms. The molecule has 5 nitrogen and oxygen atoms in total. The van der Waals surface area contributed by atoms with Gasteiger partial charge in [-0.05, 0) is 43.2 Å². The smallest absolute Gasteiger partial charge is 0.252 e. The van der Waals surface area contributed by atoms with E-state index < -0.39 is 10.0 Å². The molecule has 0 saturated carbocycles. The van der Waals surface area contributed by atoms with Crippen LogP contribution in [0.2, 0.25) is 0 Å². The lowest BCUT2D eigenvalue weighted by Gasteiger charge is -2.17. The summed E-state index contributed by atoms with van der Waals surface area (Å²) < 4.78 is 26.2. The molecule has 0 aliphatic heterocycles. The molecule has 2 aromatic rings. The SMILES string of the molecule is CC(CCc1ccccc1)NC(=O)CCCN(C)S(=O)(=O)c1cccs1. The lowest BCUT2D eigenvalue weighted by atomic mass is 10.1. The average molecular weight is 395 g/mol. The molecule has 1 heterocycles. The number of sulfonamides is 1. The molecule has 142 valence electrons. The van der Waals surface area contributed by atoms with E-state index in [0.717, 1.165) is 12.8 Å². The largest absolute Gasteiger partial charge is 0.354 e. The lowest BCUT2D eigenvalue weighted by molar-refractivity contribution is -0.121. The van der Waals surface area contributed by atoms with Crippen LogP contribution in [0, 0.1) is 0 Å². The number of carbonyl (C=O) groups is 1. The monoisotopic (exact) mass is 394 g/mol. The number of nitrogens with one attached hydrogen (secondary N) is 1. The predicted molar refractivity (Wildman–Crippen MR) is 106 cm³/mol. The number of hydrogen-bond donors (Lipinski definition) is 1. The van der Waals surface area contributed by atoms with Crippen LogP contribution in [0.25, 0.3) is 0 Å². The summed E-state index contributed by atoms with van der Waals surface area (Å²) in [4.78, 5) is 12.0. The number of thiophene rings is 1. The van der Waals surface area contributed by atoms with E-state index in [1.165, 1.54) is 21.2 Å². The Bertz CT molecular complexity index is 774. The Morgan fingerprint density at radius 2 is 1.92 bits per heavy atom. The Morgan fingerprint density at radius 1 is 1.19 bits per heavy atom. The summed E-state index contributed by atoms with van der Waals surface area (Å²) >= 11 is 1.20. The van der Waals surface area contributed by atoms with Gasteiger partial charge in [0.15, 0.2) is 0 Å². The predicted octanol–water partition coefficient (Wildman–Crippen LogP) is 3.29. The van der Waals surface area contributed by atoms with Crippen molar-refractivity contribution in [2.24, 2.45) is 0 Å². The van der Waals surface area contributed by atoms with Crippen LogP contribution in [0.3, 0.4) is 0 Å². The molecular formula is C19H26N2O3S2. The van der Waals surface area contributed by atoms with Crippen molar-refractivity contribution in [3.63, 3.8) is 0 Å². The van der Waals surface area contributed by atoms with E-state index in [4.69, 9.17) is 0 Å². The molecule has 1 N–H and O–H groups in total. The maximum atomic E-state index is 12.3. The second-order valence-electron chi connectivity index (χ2n) is 6.36. The fraction of sp³-hybridized carbons (Fsp3) is 0.421. The van der Waals surface area contributed by atoms with E-state index in [0.29, 0.717) is 23.6 Å². The normalized spacial score (nSPS) is 12.9. The van der Waals surface area contributed by atoms with Gasteiger partial charge in [0, 0.05) is 26.1 Å². The highest BCUT2D eigenvalue weighted by Crippen LogP contribution is 2.19. The Labute approximate surface area is 160 Å². The highest BCUT2D eigenvalue weighted by atomic mass is 32.2. The van der Waals surface area contributed by atoms with Crippen molar-refractivity contribution in [1.29, 1.82) is 0 Å². The van der Waals surface area contributed by atoms with Gasteiger partial charge in [-0.1, -0.05) is 36.4 Å². The highest BCUT2D eigenvalue weighted by Gasteiger charge is 2.21. The minimum atomic E-state index is -3.44. The molecule has 7 heteroatoms. The lowest BCUT2D eigenvalue weighted by Crippen LogP contribution is -2.34. The standard InChI is InChI=1S/C19H26N2O3S2/c1-16(12-13-17-8-4-3-5-9-17)20-18(22)10-6-14-21(2)26(23,24)19-11-7-15-25-19/h3-5,7-9,11,15-16H,6,10,12-14H2,1-2H3,(H,20,22). The van der Waals surface area contributed by atoms with Crippen molar-refractivity contribution in [3.8, 4) is 0 Å². The van der Waals surface area contributed by atoms with Gasteiger partial charge in [0.1, 0.15) is 4.21 Å². The number of hydrogen-bond acceptors (Lipinski definition) is 4. The molecule has 0 saturated heterocycles. The first-order valence-electron chi connectivity index (χ1n) is 8.72.